The molecule has 1 fully saturated rings. The van der Waals surface area contributed by atoms with Crippen molar-refractivity contribution in [1.29, 1.82) is 0 Å². The third-order valence-corrected chi connectivity index (χ3v) is 7.49. The SMILES string of the molecule is CC(C)(CO)Nc1nc(N2CC=C(c3ncc(C4CC4)cn3)CC2)nc2c1S(=O)CC2. The van der Waals surface area contributed by atoms with Crippen molar-refractivity contribution in [1.82, 2.24) is 19.9 Å². The lowest BCUT2D eigenvalue weighted by molar-refractivity contribution is 0.233. The second kappa shape index (κ2) is 7.94. The number of fused-ring (bicyclic) bond motifs is 1. The van der Waals surface area contributed by atoms with E-state index in [9.17, 15) is 9.32 Å². The number of hydrogen-bond donors (Lipinski definition) is 2. The summed E-state index contributed by atoms with van der Waals surface area (Å²) in [6.07, 6.45) is 10.1. The van der Waals surface area contributed by atoms with Crippen molar-refractivity contribution >= 4 is 28.1 Å². The van der Waals surface area contributed by atoms with E-state index in [4.69, 9.17) is 9.97 Å². The Labute approximate surface area is 184 Å². The van der Waals surface area contributed by atoms with Gasteiger partial charge in [-0.25, -0.2) is 15.0 Å². The summed E-state index contributed by atoms with van der Waals surface area (Å²) in [7, 11) is -1.11. The number of aromatic nitrogens is 4. The summed E-state index contributed by atoms with van der Waals surface area (Å²) in [4.78, 5) is 21.4. The Morgan fingerprint density at radius 2 is 2.00 bits per heavy atom. The van der Waals surface area contributed by atoms with Crippen molar-refractivity contribution in [3.63, 3.8) is 0 Å². The Morgan fingerprint density at radius 1 is 1.23 bits per heavy atom. The fourth-order valence-corrected chi connectivity index (χ4v) is 5.26. The fraction of sp³-hybridized carbons (Fsp3) is 0.545. The minimum atomic E-state index is -1.11. The van der Waals surface area contributed by atoms with Crippen LogP contribution in [0.2, 0.25) is 0 Å². The summed E-state index contributed by atoms with van der Waals surface area (Å²) in [5, 5.41) is 12.9. The highest BCUT2D eigenvalue weighted by atomic mass is 32.2. The predicted molar refractivity (Wildman–Crippen MR) is 121 cm³/mol. The summed E-state index contributed by atoms with van der Waals surface area (Å²) < 4.78 is 12.5. The maximum atomic E-state index is 12.5. The fourth-order valence-electron chi connectivity index (χ4n) is 3.96. The Bertz CT molecular complexity index is 1050. The van der Waals surface area contributed by atoms with Crippen LogP contribution in [0, 0.1) is 0 Å². The molecule has 9 heteroatoms. The van der Waals surface area contributed by atoms with Gasteiger partial charge < -0.3 is 15.3 Å². The smallest absolute Gasteiger partial charge is 0.227 e. The lowest BCUT2D eigenvalue weighted by atomic mass is 10.1. The van der Waals surface area contributed by atoms with Crippen LogP contribution < -0.4 is 10.2 Å². The highest BCUT2D eigenvalue weighted by Gasteiger charge is 2.30. The molecule has 5 rings (SSSR count). The van der Waals surface area contributed by atoms with Gasteiger partial charge in [0.1, 0.15) is 10.7 Å². The van der Waals surface area contributed by atoms with Crippen LogP contribution in [0.3, 0.4) is 0 Å². The zero-order chi connectivity index (χ0) is 21.6. The van der Waals surface area contributed by atoms with E-state index in [0.717, 1.165) is 30.1 Å². The highest BCUT2D eigenvalue weighted by molar-refractivity contribution is 7.85. The minimum absolute atomic E-state index is 0.0525. The number of aliphatic hydroxyl groups is 1. The lowest BCUT2D eigenvalue weighted by Crippen LogP contribution is -2.36. The van der Waals surface area contributed by atoms with Crippen molar-refractivity contribution in [3.8, 4) is 0 Å². The van der Waals surface area contributed by atoms with Crippen molar-refractivity contribution < 1.29 is 9.32 Å². The molecule has 31 heavy (non-hydrogen) atoms. The van der Waals surface area contributed by atoms with Crippen LogP contribution in [0.25, 0.3) is 5.57 Å². The molecule has 8 nitrogen and oxygen atoms in total. The molecule has 0 bridgehead atoms. The van der Waals surface area contributed by atoms with E-state index in [1.165, 1.54) is 18.4 Å². The molecule has 2 N–H and O–H groups in total. The van der Waals surface area contributed by atoms with Crippen molar-refractivity contribution in [3.05, 3.63) is 35.6 Å². The van der Waals surface area contributed by atoms with E-state index < -0.39 is 16.3 Å². The molecule has 4 heterocycles. The number of aryl methyl sites for hydroxylation is 1. The molecule has 1 atom stereocenters. The zero-order valence-corrected chi connectivity index (χ0v) is 18.8. The largest absolute Gasteiger partial charge is 0.394 e. The van der Waals surface area contributed by atoms with Crippen LogP contribution in [0.4, 0.5) is 11.8 Å². The molecule has 0 aromatic carbocycles. The summed E-state index contributed by atoms with van der Waals surface area (Å²) in [5.74, 6) is 3.24. The molecule has 2 aliphatic heterocycles. The number of rotatable bonds is 6. The topological polar surface area (TPSA) is 104 Å². The summed E-state index contributed by atoms with van der Waals surface area (Å²) >= 11 is 0. The van der Waals surface area contributed by atoms with E-state index in [0.29, 0.717) is 41.3 Å². The van der Waals surface area contributed by atoms with Gasteiger partial charge in [-0.05, 0) is 50.2 Å². The van der Waals surface area contributed by atoms with Gasteiger partial charge in [-0.2, -0.15) is 4.98 Å². The Kier molecular flexibility index (Phi) is 5.26. The van der Waals surface area contributed by atoms with Crippen molar-refractivity contribution in [2.45, 2.75) is 55.9 Å². The van der Waals surface area contributed by atoms with E-state index in [1.54, 1.807) is 0 Å². The number of nitrogens with one attached hydrogen (secondary N) is 1. The molecule has 3 aliphatic rings. The van der Waals surface area contributed by atoms with Crippen molar-refractivity contribution in [2.75, 3.05) is 35.7 Å². The molecule has 1 saturated carbocycles. The number of nitrogens with zero attached hydrogens (tertiary/aromatic N) is 5. The predicted octanol–water partition coefficient (Wildman–Crippen LogP) is 2.28. The second-order valence-corrected chi connectivity index (χ2v) is 10.7. The molecule has 2 aromatic heterocycles. The number of aliphatic hydroxyl groups excluding tert-OH is 1. The summed E-state index contributed by atoms with van der Waals surface area (Å²) in [5.41, 5.74) is 2.68. The molecule has 164 valence electrons. The molecule has 0 saturated heterocycles. The molecule has 0 radical (unpaired) electrons. The van der Waals surface area contributed by atoms with Crippen LogP contribution in [-0.2, 0) is 17.2 Å². The van der Waals surface area contributed by atoms with Crippen LogP contribution in [0.1, 0.15) is 56.1 Å². The van der Waals surface area contributed by atoms with Gasteiger partial charge in [0.15, 0.2) is 5.82 Å². The van der Waals surface area contributed by atoms with Gasteiger partial charge in [-0.15, -0.1) is 0 Å². The average molecular weight is 441 g/mol. The lowest BCUT2D eigenvalue weighted by Gasteiger charge is -2.29. The summed E-state index contributed by atoms with van der Waals surface area (Å²) in [6.45, 7) is 5.17. The molecule has 0 amide bonds. The van der Waals surface area contributed by atoms with E-state index in [1.807, 2.05) is 26.2 Å². The van der Waals surface area contributed by atoms with Crippen LogP contribution >= 0.6 is 0 Å². The van der Waals surface area contributed by atoms with Gasteiger partial charge in [-0.3, -0.25) is 4.21 Å². The monoisotopic (exact) mass is 440 g/mol. The highest BCUT2D eigenvalue weighted by Crippen LogP contribution is 2.39. The van der Waals surface area contributed by atoms with Gasteiger partial charge in [0.2, 0.25) is 5.95 Å². The Balaban J connectivity index is 1.37. The quantitative estimate of drug-likeness (QED) is 0.705. The molecule has 2 aromatic rings. The average Bonchev–Trinajstić information content (AvgIpc) is 3.56. The molecule has 0 spiro atoms. The van der Waals surface area contributed by atoms with Gasteiger partial charge in [-0.1, -0.05) is 6.08 Å². The normalized spacial score (nSPS) is 21.1. The van der Waals surface area contributed by atoms with E-state index in [2.05, 4.69) is 26.3 Å². The number of anilines is 2. The van der Waals surface area contributed by atoms with Crippen LogP contribution in [0.15, 0.2) is 23.4 Å². The molecular weight excluding hydrogens is 412 g/mol. The standard InChI is InChI=1S/C22H28N6O2S/c1-22(2,13-29)27-20-18-17(7-10-31(18)30)25-21(26-20)28-8-5-15(6-9-28)19-23-11-16(12-24-19)14-3-4-14/h5,11-12,14,29H,3-4,6-10,13H2,1-2H3,(H,25,26,27). The third-order valence-electron chi connectivity index (χ3n) is 6.03. The Hall–Kier alpha value is -2.39. The molecular formula is C22H28N6O2S. The first kappa shape index (κ1) is 20.5. The Morgan fingerprint density at radius 3 is 2.65 bits per heavy atom. The van der Waals surface area contributed by atoms with Crippen LogP contribution in [-0.4, -0.2) is 60.2 Å². The zero-order valence-electron chi connectivity index (χ0n) is 18.0. The van der Waals surface area contributed by atoms with Crippen molar-refractivity contribution in [2.24, 2.45) is 0 Å². The van der Waals surface area contributed by atoms with Gasteiger partial charge in [0.25, 0.3) is 0 Å². The first-order valence-electron chi connectivity index (χ1n) is 10.9. The van der Waals surface area contributed by atoms with Gasteiger partial charge >= 0.3 is 0 Å². The molecule has 1 unspecified atom stereocenters. The maximum Gasteiger partial charge on any atom is 0.227 e. The molecule has 1 aliphatic carbocycles. The van der Waals surface area contributed by atoms with E-state index >= 15 is 0 Å². The van der Waals surface area contributed by atoms with Gasteiger partial charge in [0.05, 0.1) is 28.6 Å². The minimum Gasteiger partial charge on any atom is -0.394 e. The van der Waals surface area contributed by atoms with E-state index in [-0.39, 0.29) is 6.61 Å². The second-order valence-electron chi connectivity index (χ2n) is 9.15. The van der Waals surface area contributed by atoms with Gasteiger partial charge in [0, 0.05) is 37.7 Å². The van der Waals surface area contributed by atoms with Crippen LogP contribution in [0.5, 0.6) is 0 Å². The first-order valence-corrected chi connectivity index (χ1v) is 12.2. The maximum absolute atomic E-state index is 12.5. The number of hydrogen-bond acceptors (Lipinski definition) is 8. The first-order chi connectivity index (χ1) is 14.9. The summed E-state index contributed by atoms with van der Waals surface area (Å²) in [6, 6.07) is 0. The third kappa shape index (κ3) is 4.21.